The normalized spacial score (nSPS) is 16.4. The van der Waals surface area contributed by atoms with E-state index in [1.165, 1.54) is 29.8 Å². The molecule has 1 aliphatic heterocycles. The molecule has 0 radical (unpaired) electrons. The van der Waals surface area contributed by atoms with Gasteiger partial charge in [-0.2, -0.15) is 11.8 Å². The number of thioether (sulfide) groups is 1. The fourth-order valence-corrected chi connectivity index (χ4v) is 2.78. The minimum absolute atomic E-state index is 0.0712. The van der Waals surface area contributed by atoms with Crippen molar-refractivity contribution in [3.05, 3.63) is 28.4 Å². The summed E-state index contributed by atoms with van der Waals surface area (Å²) in [5.74, 6) is 2.94. The number of hydrogen-bond donors (Lipinski definition) is 1. The molecule has 2 rings (SSSR count). The zero-order valence-electron chi connectivity index (χ0n) is 10.0. The van der Waals surface area contributed by atoms with E-state index in [0.717, 1.165) is 26.2 Å². The summed E-state index contributed by atoms with van der Waals surface area (Å²) in [6, 6.07) is 2.86. The van der Waals surface area contributed by atoms with E-state index in [1.54, 1.807) is 0 Å². The molecule has 1 fully saturated rings. The fraction of sp³-hybridized carbons (Fsp3) is 0.545. The standard InChI is InChI=1S/C11H16N4O2S/c16-15(17)10-1-2-12-11(9-10)13-3-4-14-5-7-18-8-6-14/h1-2,9H,3-8H2,(H,12,13). The van der Waals surface area contributed by atoms with Gasteiger partial charge in [0, 0.05) is 49.9 Å². The first-order chi connectivity index (χ1) is 8.75. The van der Waals surface area contributed by atoms with E-state index in [9.17, 15) is 10.1 Å². The molecule has 1 aromatic rings. The van der Waals surface area contributed by atoms with Crippen LogP contribution < -0.4 is 5.32 Å². The lowest BCUT2D eigenvalue weighted by Crippen LogP contribution is -2.36. The van der Waals surface area contributed by atoms with Crippen molar-refractivity contribution in [3.8, 4) is 0 Å². The zero-order valence-corrected chi connectivity index (χ0v) is 10.9. The number of anilines is 1. The highest BCUT2D eigenvalue weighted by Crippen LogP contribution is 2.14. The summed E-state index contributed by atoms with van der Waals surface area (Å²) in [5, 5.41) is 13.7. The predicted molar refractivity (Wildman–Crippen MR) is 73.1 cm³/mol. The summed E-state index contributed by atoms with van der Waals surface area (Å²) in [4.78, 5) is 16.7. The molecule has 1 aliphatic rings. The first kappa shape index (κ1) is 13.1. The molecule has 6 nitrogen and oxygen atoms in total. The van der Waals surface area contributed by atoms with E-state index in [4.69, 9.17) is 0 Å². The molecule has 0 atom stereocenters. The van der Waals surface area contributed by atoms with Crippen molar-refractivity contribution in [1.29, 1.82) is 0 Å². The van der Waals surface area contributed by atoms with Crippen molar-refractivity contribution in [2.75, 3.05) is 43.0 Å². The van der Waals surface area contributed by atoms with Crippen molar-refractivity contribution in [2.24, 2.45) is 0 Å². The molecular weight excluding hydrogens is 252 g/mol. The number of hydrogen-bond acceptors (Lipinski definition) is 6. The molecule has 1 aromatic heterocycles. The predicted octanol–water partition coefficient (Wildman–Crippen LogP) is 1.45. The molecule has 1 N–H and O–H groups in total. The minimum Gasteiger partial charge on any atom is -0.369 e. The third kappa shape index (κ3) is 3.85. The Labute approximate surface area is 110 Å². The maximum atomic E-state index is 10.6. The van der Waals surface area contributed by atoms with Gasteiger partial charge >= 0.3 is 0 Å². The maximum absolute atomic E-state index is 10.6. The highest BCUT2D eigenvalue weighted by molar-refractivity contribution is 7.99. The molecule has 18 heavy (non-hydrogen) atoms. The minimum atomic E-state index is -0.408. The molecule has 0 bridgehead atoms. The lowest BCUT2D eigenvalue weighted by Gasteiger charge is -2.26. The number of rotatable bonds is 5. The van der Waals surface area contributed by atoms with Crippen LogP contribution in [0.15, 0.2) is 18.3 Å². The topological polar surface area (TPSA) is 71.3 Å². The Hall–Kier alpha value is -1.34. The molecule has 98 valence electrons. The van der Waals surface area contributed by atoms with Crippen LogP contribution in [0.1, 0.15) is 0 Å². The second kappa shape index (κ2) is 6.55. The fourth-order valence-electron chi connectivity index (χ4n) is 1.80. The van der Waals surface area contributed by atoms with Crippen molar-refractivity contribution in [3.63, 3.8) is 0 Å². The highest BCUT2D eigenvalue weighted by atomic mass is 32.2. The number of nitrogens with one attached hydrogen (secondary N) is 1. The van der Waals surface area contributed by atoms with Crippen LogP contribution in [0.3, 0.4) is 0 Å². The first-order valence-electron chi connectivity index (χ1n) is 5.90. The van der Waals surface area contributed by atoms with Crippen LogP contribution in [0.5, 0.6) is 0 Å². The van der Waals surface area contributed by atoms with Gasteiger partial charge < -0.3 is 5.32 Å². The Bertz CT molecular complexity index is 410. The van der Waals surface area contributed by atoms with Crippen molar-refractivity contribution >= 4 is 23.3 Å². The van der Waals surface area contributed by atoms with Gasteiger partial charge in [0.1, 0.15) is 5.82 Å². The highest BCUT2D eigenvalue weighted by Gasteiger charge is 2.10. The Kier molecular flexibility index (Phi) is 4.77. The summed E-state index contributed by atoms with van der Waals surface area (Å²) < 4.78 is 0. The lowest BCUT2D eigenvalue weighted by atomic mass is 10.4. The summed E-state index contributed by atoms with van der Waals surface area (Å²) in [6.07, 6.45) is 1.46. The summed E-state index contributed by atoms with van der Waals surface area (Å²) in [5.41, 5.74) is 0.0712. The number of nitro groups is 1. The van der Waals surface area contributed by atoms with E-state index >= 15 is 0 Å². The van der Waals surface area contributed by atoms with Gasteiger partial charge in [0.15, 0.2) is 0 Å². The molecular formula is C11H16N4O2S. The Balaban J connectivity index is 1.78. The third-order valence-corrected chi connectivity index (χ3v) is 3.73. The average Bonchev–Trinajstić information content (AvgIpc) is 2.40. The molecule has 0 spiro atoms. The van der Waals surface area contributed by atoms with Gasteiger partial charge in [0.2, 0.25) is 0 Å². The van der Waals surface area contributed by atoms with Crippen molar-refractivity contribution in [1.82, 2.24) is 9.88 Å². The van der Waals surface area contributed by atoms with E-state index in [-0.39, 0.29) is 5.69 Å². The second-order valence-corrected chi connectivity index (χ2v) is 5.26. The Morgan fingerprint density at radius 1 is 1.50 bits per heavy atom. The number of pyridine rings is 1. The summed E-state index contributed by atoms with van der Waals surface area (Å²) in [7, 11) is 0. The van der Waals surface area contributed by atoms with Gasteiger partial charge in [0.25, 0.3) is 5.69 Å². The molecule has 7 heteroatoms. The Morgan fingerprint density at radius 2 is 2.28 bits per heavy atom. The van der Waals surface area contributed by atoms with Crippen molar-refractivity contribution in [2.45, 2.75) is 0 Å². The van der Waals surface area contributed by atoms with Crippen LogP contribution in [0, 0.1) is 10.1 Å². The summed E-state index contributed by atoms with van der Waals surface area (Å²) >= 11 is 1.98. The van der Waals surface area contributed by atoms with Gasteiger partial charge in [-0.3, -0.25) is 15.0 Å². The van der Waals surface area contributed by atoms with E-state index < -0.39 is 4.92 Å². The largest absolute Gasteiger partial charge is 0.369 e. The average molecular weight is 268 g/mol. The van der Waals surface area contributed by atoms with Gasteiger partial charge in [-0.15, -0.1) is 0 Å². The molecule has 2 heterocycles. The number of nitrogens with zero attached hydrogens (tertiary/aromatic N) is 3. The quantitative estimate of drug-likeness (QED) is 0.644. The molecule has 0 aromatic carbocycles. The first-order valence-corrected chi connectivity index (χ1v) is 7.05. The monoisotopic (exact) mass is 268 g/mol. The van der Waals surface area contributed by atoms with Gasteiger partial charge in [-0.05, 0) is 0 Å². The van der Waals surface area contributed by atoms with Gasteiger partial charge in [0.05, 0.1) is 11.0 Å². The van der Waals surface area contributed by atoms with Crippen LogP contribution in [0.2, 0.25) is 0 Å². The van der Waals surface area contributed by atoms with Crippen LogP contribution in [0.25, 0.3) is 0 Å². The second-order valence-electron chi connectivity index (χ2n) is 4.04. The van der Waals surface area contributed by atoms with E-state index in [0.29, 0.717) is 5.82 Å². The lowest BCUT2D eigenvalue weighted by molar-refractivity contribution is -0.384. The zero-order chi connectivity index (χ0) is 12.8. The maximum Gasteiger partial charge on any atom is 0.274 e. The molecule has 0 saturated carbocycles. The van der Waals surface area contributed by atoms with E-state index in [2.05, 4.69) is 15.2 Å². The molecule has 0 aliphatic carbocycles. The van der Waals surface area contributed by atoms with Gasteiger partial charge in [-0.1, -0.05) is 0 Å². The van der Waals surface area contributed by atoms with Crippen molar-refractivity contribution < 1.29 is 4.92 Å². The van der Waals surface area contributed by atoms with Crippen LogP contribution in [-0.2, 0) is 0 Å². The SMILES string of the molecule is O=[N+]([O-])c1ccnc(NCCN2CCSCC2)c1. The van der Waals surface area contributed by atoms with Gasteiger partial charge in [-0.25, -0.2) is 4.98 Å². The van der Waals surface area contributed by atoms with Crippen LogP contribution in [-0.4, -0.2) is 52.5 Å². The third-order valence-electron chi connectivity index (χ3n) is 2.79. The Morgan fingerprint density at radius 3 is 3.00 bits per heavy atom. The van der Waals surface area contributed by atoms with Crippen LogP contribution in [0.4, 0.5) is 11.5 Å². The molecule has 1 saturated heterocycles. The smallest absolute Gasteiger partial charge is 0.274 e. The summed E-state index contributed by atoms with van der Waals surface area (Å²) in [6.45, 7) is 3.95. The molecule has 0 unspecified atom stereocenters. The number of aromatic nitrogens is 1. The van der Waals surface area contributed by atoms with E-state index in [1.807, 2.05) is 11.8 Å². The van der Waals surface area contributed by atoms with Crippen LogP contribution >= 0.6 is 11.8 Å². The molecule has 0 amide bonds.